The molecule has 0 saturated carbocycles. The van der Waals surface area contributed by atoms with E-state index in [0.29, 0.717) is 0 Å². The standard InChI is InChI=1S/C8H16O7/c9-2-1-8(14)7(13)6(12)5(11)4(3-10)15-8/h4-7,9-14H,1-3H2/t4-,5+,6+,7-,8-/m1/s1. The van der Waals surface area contributed by atoms with Gasteiger partial charge in [-0.15, -0.1) is 0 Å². The van der Waals surface area contributed by atoms with Gasteiger partial charge >= 0.3 is 0 Å². The van der Waals surface area contributed by atoms with Crippen LogP contribution in [0.15, 0.2) is 0 Å². The average molecular weight is 224 g/mol. The number of aliphatic hydroxyl groups excluding tert-OH is 5. The van der Waals surface area contributed by atoms with E-state index in [2.05, 4.69) is 0 Å². The minimum atomic E-state index is -2.15. The molecule has 1 heterocycles. The van der Waals surface area contributed by atoms with Crippen LogP contribution in [-0.4, -0.2) is 74.1 Å². The Labute approximate surface area is 86.2 Å². The highest BCUT2D eigenvalue weighted by Crippen LogP contribution is 2.30. The SMILES string of the molecule is OCC[C@@]1(O)O[C@H](CO)[C@H](O)[C@H](O)[C@H]1O. The van der Waals surface area contributed by atoms with Gasteiger partial charge in [-0.2, -0.15) is 0 Å². The van der Waals surface area contributed by atoms with Crippen molar-refractivity contribution >= 4 is 0 Å². The molecule has 1 rings (SSSR count). The van der Waals surface area contributed by atoms with Gasteiger partial charge < -0.3 is 35.4 Å². The second kappa shape index (κ2) is 4.71. The van der Waals surface area contributed by atoms with Gasteiger partial charge in [-0.3, -0.25) is 0 Å². The number of hydrogen-bond donors (Lipinski definition) is 6. The Morgan fingerprint density at radius 2 is 1.67 bits per heavy atom. The molecule has 1 aliphatic heterocycles. The van der Waals surface area contributed by atoms with Gasteiger partial charge in [0.1, 0.15) is 24.4 Å². The zero-order valence-electron chi connectivity index (χ0n) is 8.02. The van der Waals surface area contributed by atoms with Crippen LogP contribution in [0.25, 0.3) is 0 Å². The molecule has 90 valence electrons. The van der Waals surface area contributed by atoms with Crippen LogP contribution in [0.5, 0.6) is 0 Å². The maximum atomic E-state index is 9.72. The molecular formula is C8H16O7. The first-order chi connectivity index (χ1) is 6.96. The lowest BCUT2D eigenvalue weighted by atomic mass is 9.91. The van der Waals surface area contributed by atoms with E-state index in [0.717, 1.165) is 0 Å². The van der Waals surface area contributed by atoms with Crippen molar-refractivity contribution in [2.24, 2.45) is 0 Å². The van der Waals surface area contributed by atoms with Crippen LogP contribution in [0, 0.1) is 0 Å². The Kier molecular flexibility index (Phi) is 4.01. The fraction of sp³-hybridized carbons (Fsp3) is 1.00. The summed E-state index contributed by atoms with van der Waals surface area (Å²) in [5, 5.41) is 55.3. The van der Waals surface area contributed by atoms with Crippen LogP contribution < -0.4 is 0 Å². The molecule has 0 aliphatic carbocycles. The molecule has 7 heteroatoms. The Morgan fingerprint density at radius 1 is 1.07 bits per heavy atom. The monoisotopic (exact) mass is 224 g/mol. The third-order valence-electron chi connectivity index (χ3n) is 2.52. The Hall–Kier alpha value is -0.280. The first kappa shape index (κ1) is 12.8. The van der Waals surface area contributed by atoms with Gasteiger partial charge in [0.2, 0.25) is 0 Å². The summed E-state index contributed by atoms with van der Waals surface area (Å²) in [6, 6.07) is 0. The first-order valence-corrected chi connectivity index (χ1v) is 4.62. The van der Waals surface area contributed by atoms with E-state index in [9.17, 15) is 20.4 Å². The van der Waals surface area contributed by atoms with Crippen molar-refractivity contribution < 1.29 is 35.4 Å². The van der Waals surface area contributed by atoms with Crippen LogP contribution in [0.4, 0.5) is 0 Å². The third-order valence-corrected chi connectivity index (χ3v) is 2.52. The Morgan fingerprint density at radius 3 is 2.13 bits per heavy atom. The molecule has 0 aromatic carbocycles. The van der Waals surface area contributed by atoms with E-state index in [1.807, 2.05) is 0 Å². The maximum Gasteiger partial charge on any atom is 0.197 e. The van der Waals surface area contributed by atoms with E-state index in [-0.39, 0.29) is 6.42 Å². The molecule has 6 N–H and O–H groups in total. The van der Waals surface area contributed by atoms with Crippen molar-refractivity contribution in [3.63, 3.8) is 0 Å². The molecule has 0 aromatic rings. The fourth-order valence-corrected chi connectivity index (χ4v) is 1.59. The van der Waals surface area contributed by atoms with Crippen molar-refractivity contribution in [1.82, 2.24) is 0 Å². The summed E-state index contributed by atoms with van der Waals surface area (Å²) < 4.78 is 4.84. The van der Waals surface area contributed by atoms with Crippen LogP contribution in [0.3, 0.4) is 0 Å². The smallest absolute Gasteiger partial charge is 0.197 e. The van der Waals surface area contributed by atoms with Crippen LogP contribution in [0.1, 0.15) is 6.42 Å². The molecule has 1 fully saturated rings. The molecule has 1 saturated heterocycles. The summed E-state index contributed by atoms with van der Waals surface area (Å²) in [5.41, 5.74) is 0. The number of aliphatic hydroxyl groups is 6. The minimum absolute atomic E-state index is 0.325. The molecule has 0 amide bonds. The largest absolute Gasteiger partial charge is 0.396 e. The summed E-state index contributed by atoms with van der Waals surface area (Å²) in [4.78, 5) is 0. The maximum absolute atomic E-state index is 9.72. The quantitative estimate of drug-likeness (QED) is 0.293. The second-order valence-electron chi connectivity index (χ2n) is 3.58. The van der Waals surface area contributed by atoms with Gasteiger partial charge in [-0.1, -0.05) is 0 Å². The molecule has 0 aromatic heterocycles. The van der Waals surface area contributed by atoms with Crippen molar-refractivity contribution in [2.75, 3.05) is 13.2 Å². The van der Waals surface area contributed by atoms with Crippen LogP contribution in [-0.2, 0) is 4.74 Å². The van der Waals surface area contributed by atoms with Crippen LogP contribution in [0.2, 0.25) is 0 Å². The Bertz CT molecular complexity index is 209. The number of hydrogen-bond acceptors (Lipinski definition) is 7. The van der Waals surface area contributed by atoms with E-state index < -0.39 is 43.4 Å². The predicted octanol–water partition coefficient (Wildman–Crippen LogP) is -3.47. The van der Waals surface area contributed by atoms with E-state index in [4.69, 9.17) is 14.9 Å². The van der Waals surface area contributed by atoms with E-state index >= 15 is 0 Å². The van der Waals surface area contributed by atoms with Gasteiger partial charge in [0, 0.05) is 13.0 Å². The lowest BCUT2D eigenvalue weighted by molar-refractivity contribution is -0.352. The summed E-state index contributed by atoms with van der Waals surface area (Å²) in [6.07, 6.45) is -6.37. The molecule has 0 unspecified atom stereocenters. The summed E-state index contributed by atoms with van der Waals surface area (Å²) in [5.74, 6) is -2.15. The molecule has 15 heavy (non-hydrogen) atoms. The lowest BCUT2D eigenvalue weighted by Gasteiger charge is -2.45. The number of rotatable bonds is 3. The third kappa shape index (κ3) is 2.28. The molecule has 0 bridgehead atoms. The summed E-state index contributed by atoms with van der Waals surface area (Å²) in [7, 11) is 0. The lowest BCUT2D eigenvalue weighted by Crippen LogP contribution is -2.65. The first-order valence-electron chi connectivity index (χ1n) is 4.62. The van der Waals surface area contributed by atoms with E-state index in [1.54, 1.807) is 0 Å². The summed E-state index contributed by atoms with van der Waals surface area (Å²) in [6.45, 7) is -1.08. The van der Waals surface area contributed by atoms with Gasteiger partial charge in [-0.05, 0) is 0 Å². The number of ether oxygens (including phenoxy) is 1. The van der Waals surface area contributed by atoms with Gasteiger partial charge in [0.25, 0.3) is 0 Å². The van der Waals surface area contributed by atoms with Gasteiger partial charge in [-0.25, -0.2) is 0 Å². The molecule has 0 radical (unpaired) electrons. The normalized spacial score (nSPS) is 46.8. The fourth-order valence-electron chi connectivity index (χ4n) is 1.59. The molecule has 1 aliphatic rings. The van der Waals surface area contributed by atoms with E-state index in [1.165, 1.54) is 0 Å². The highest BCUT2D eigenvalue weighted by molar-refractivity contribution is 4.95. The van der Waals surface area contributed by atoms with Crippen molar-refractivity contribution in [1.29, 1.82) is 0 Å². The average Bonchev–Trinajstić information content (AvgIpc) is 2.21. The van der Waals surface area contributed by atoms with Crippen molar-refractivity contribution in [2.45, 2.75) is 36.6 Å². The predicted molar refractivity (Wildman–Crippen MR) is 46.6 cm³/mol. The molecule has 7 nitrogen and oxygen atoms in total. The Balaban J connectivity index is 2.82. The topological polar surface area (TPSA) is 131 Å². The zero-order chi connectivity index (χ0) is 11.6. The molecular weight excluding hydrogens is 208 g/mol. The highest BCUT2D eigenvalue weighted by atomic mass is 16.7. The summed E-state index contributed by atoms with van der Waals surface area (Å²) >= 11 is 0. The minimum Gasteiger partial charge on any atom is -0.396 e. The van der Waals surface area contributed by atoms with Crippen molar-refractivity contribution in [3.05, 3.63) is 0 Å². The highest BCUT2D eigenvalue weighted by Gasteiger charge is 2.51. The molecule has 0 spiro atoms. The van der Waals surface area contributed by atoms with Crippen molar-refractivity contribution in [3.8, 4) is 0 Å². The van der Waals surface area contributed by atoms with Gasteiger partial charge in [0.05, 0.1) is 6.61 Å². The second-order valence-corrected chi connectivity index (χ2v) is 3.58. The van der Waals surface area contributed by atoms with Gasteiger partial charge in [0.15, 0.2) is 5.79 Å². The van der Waals surface area contributed by atoms with Crippen LogP contribution >= 0.6 is 0 Å². The molecule has 5 atom stereocenters. The zero-order valence-corrected chi connectivity index (χ0v) is 8.02.